The van der Waals surface area contributed by atoms with E-state index in [0.29, 0.717) is 6.54 Å². The van der Waals surface area contributed by atoms with Crippen LogP contribution in [0.4, 0.5) is 13.2 Å². The van der Waals surface area contributed by atoms with E-state index in [-0.39, 0.29) is 5.56 Å². The summed E-state index contributed by atoms with van der Waals surface area (Å²) in [6.07, 6.45) is -1.93. The summed E-state index contributed by atoms with van der Waals surface area (Å²) in [6, 6.07) is 7.94. The van der Waals surface area contributed by atoms with E-state index < -0.39 is 17.8 Å². The van der Waals surface area contributed by atoms with Crippen molar-refractivity contribution in [2.75, 3.05) is 6.54 Å². The SMILES string of the molecule is CCNC(c1ccccc1C)c1cnccc1C(F)(F)F. The molecule has 1 aromatic heterocycles. The highest BCUT2D eigenvalue weighted by Gasteiger charge is 2.35. The second kappa shape index (κ2) is 6.26. The third kappa shape index (κ3) is 3.42. The van der Waals surface area contributed by atoms with Gasteiger partial charge < -0.3 is 5.32 Å². The molecule has 1 atom stereocenters. The average Bonchev–Trinajstić information content (AvgIpc) is 2.45. The van der Waals surface area contributed by atoms with Crippen LogP contribution in [-0.4, -0.2) is 11.5 Å². The number of benzene rings is 1. The normalized spacial score (nSPS) is 13.2. The van der Waals surface area contributed by atoms with Crippen molar-refractivity contribution in [3.63, 3.8) is 0 Å². The van der Waals surface area contributed by atoms with Crippen LogP contribution in [0.1, 0.15) is 35.2 Å². The summed E-state index contributed by atoms with van der Waals surface area (Å²) in [5.41, 5.74) is 1.28. The molecular formula is C16H17F3N2. The molecule has 0 spiro atoms. The van der Waals surface area contributed by atoms with Crippen LogP contribution in [-0.2, 0) is 6.18 Å². The maximum atomic E-state index is 13.2. The number of halogens is 3. The van der Waals surface area contributed by atoms with Gasteiger partial charge in [0.1, 0.15) is 0 Å². The van der Waals surface area contributed by atoms with Crippen LogP contribution >= 0.6 is 0 Å². The molecule has 1 unspecified atom stereocenters. The second-order valence-electron chi connectivity index (χ2n) is 4.81. The Kier molecular flexibility index (Phi) is 4.63. The number of hydrogen-bond acceptors (Lipinski definition) is 2. The molecule has 1 N–H and O–H groups in total. The summed E-state index contributed by atoms with van der Waals surface area (Å²) in [4.78, 5) is 3.88. The number of aromatic nitrogens is 1. The van der Waals surface area contributed by atoms with Crippen molar-refractivity contribution in [3.8, 4) is 0 Å². The van der Waals surface area contributed by atoms with E-state index in [9.17, 15) is 13.2 Å². The number of rotatable bonds is 4. The van der Waals surface area contributed by atoms with E-state index in [0.717, 1.165) is 17.2 Å². The minimum Gasteiger partial charge on any atom is -0.306 e. The molecule has 0 radical (unpaired) electrons. The molecule has 1 aromatic carbocycles. The topological polar surface area (TPSA) is 24.9 Å². The van der Waals surface area contributed by atoms with Crippen LogP contribution in [0.3, 0.4) is 0 Å². The van der Waals surface area contributed by atoms with Crippen LogP contribution in [0.15, 0.2) is 42.7 Å². The summed E-state index contributed by atoms with van der Waals surface area (Å²) in [5, 5.41) is 3.13. The Labute approximate surface area is 122 Å². The largest absolute Gasteiger partial charge is 0.416 e. The fourth-order valence-corrected chi connectivity index (χ4v) is 2.40. The summed E-state index contributed by atoms with van der Waals surface area (Å²) < 4.78 is 39.6. The molecule has 2 rings (SSSR count). The van der Waals surface area contributed by atoms with Crippen LogP contribution in [0.5, 0.6) is 0 Å². The first kappa shape index (κ1) is 15.5. The monoisotopic (exact) mass is 294 g/mol. The lowest BCUT2D eigenvalue weighted by molar-refractivity contribution is -0.138. The molecule has 0 saturated heterocycles. The molecule has 0 saturated carbocycles. The lowest BCUT2D eigenvalue weighted by atomic mass is 9.93. The van der Waals surface area contributed by atoms with Gasteiger partial charge in [-0.2, -0.15) is 13.2 Å². The Morgan fingerprint density at radius 2 is 1.86 bits per heavy atom. The van der Waals surface area contributed by atoms with Gasteiger partial charge in [-0.05, 0) is 30.7 Å². The maximum absolute atomic E-state index is 13.2. The number of aryl methyl sites for hydroxylation is 1. The number of pyridine rings is 1. The molecule has 0 fully saturated rings. The van der Waals surface area contributed by atoms with Crippen molar-refractivity contribution < 1.29 is 13.2 Å². The Morgan fingerprint density at radius 1 is 1.14 bits per heavy atom. The molecule has 112 valence electrons. The van der Waals surface area contributed by atoms with Gasteiger partial charge in [0.05, 0.1) is 11.6 Å². The summed E-state index contributed by atoms with van der Waals surface area (Å²) in [6.45, 7) is 4.32. The fraction of sp³-hybridized carbons (Fsp3) is 0.312. The van der Waals surface area contributed by atoms with Crippen LogP contribution in [0, 0.1) is 6.92 Å². The highest BCUT2D eigenvalue weighted by atomic mass is 19.4. The molecular weight excluding hydrogens is 277 g/mol. The van der Waals surface area contributed by atoms with E-state index in [1.165, 1.54) is 12.4 Å². The first-order valence-electron chi connectivity index (χ1n) is 6.75. The van der Waals surface area contributed by atoms with E-state index in [1.807, 2.05) is 38.1 Å². The molecule has 0 aliphatic carbocycles. The standard InChI is InChI=1S/C16H17F3N2/c1-3-21-15(12-7-5-4-6-11(12)2)13-10-20-9-8-14(13)16(17,18)19/h4-10,15,21H,3H2,1-2H3. The Morgan fingerprint density at radius 3 is 2.48 bits per heavy atom. The van der Waals surface area contributed by atoms with Crippen molar-refractivity contribution in [2.45, 2.75) is 26.1 Å². The molecule has 0 amide bonds. The van der Waals surface area contributed by atoms with Gasteiger partial charge in [-0.25, -0.2) is 0 Å². The number of hydrogen-bond donors (Lipinski definition) is 1. The lowest BCUT2D eigenvalue weighted by Crippen LogP contribution is -2.25. The zero-order valence-electron chi connectivity index (χ0n) is 11.9. The van der Waals surface area contributed by atoms with Crippen molar-refractivity contribution in [1.29, 1.82) is 0 Å². The Hall–Kier alpha value is -1.88. The number of alkyl halides is 3. The summed E-state index contributed by atoms with van der Waals surface area (Å²) >= 11 is 0. The predicted octanol–water partition coefficient (Wildman–Crippen LogP) is 4.11. The highest BCUT2D eigenvalue weighted by molar-refractivity contribution is 5.40. The zero-order valence-corrected chi connectivity index (χ0v) is 11.9. The Bertz CT molecular complexity index is 608. The first-order valence-corrected chi connectivity index (χ1v) is 6.75. The van der Waals surface area contributed by atoms with Gasteiger partial charge in [0.2, 0.25) is 0 Å². The third-order valence-corrected chi connectivity index (χ3v) is 3.38. The van der Waals surface area contributed by atoms with Gasteiger partial charge in [-0.1, -0.05) is 31.2 Å². The van der Waals surface area contributed by atoms with Crippen molar-refractivity contribution in [1.82, 2.24) is 10.3 Å². The molecule has 5 heteroatoms. The van der Waals surface area contributed by atoms with Gasteiger partial charge in [0, 0.05) is 18.0 Å². The van der Waals surface area contributed by atoms with Crippen LogP contribution in [0.25, 0.3) is 0 Å². The van der Waals surface area contributed by atoms with E-state index >= 15 is 0 Å². The quantitative estimate of drug-likeness (QED) is 0.918. The van der Waals surface area contributed by atoms with Crippen molar-refractivity contribution in [2.24, 2.45) is 0 Å². The number of nitrogens with one attached hydrogen (secondary N) is 1. The predicted molar refractivity (Wildman–Crippen MR) is 75.9 cm³/mol. The van der Waals surface area contributed by atoms with Gasteiger partial charge in [-0.15, -0.1) is 0 Å². The van der Waals surface area contributed by atoms with Crippen LogP contribution < -0.4 is 5.32 Å². The average molecular weight is 294 g/mol. The Balaban J connectivity index is 2.57. The molecule has 2 nitrogen and oxygen atoms in total. The fourth-order valence-electron chi connectivity index (χ4n) is 2.40. The third-order valence-electron chi connectivity index (χ3n) is 3.38. The van der Waals surface area contributed by atoms with Gasteiger partial charge in [0.15, 0.2) is 0 Å². The van der Waals surface area contributed by atoms with Gasteiger partial charge in [-0.3, -0.25) is 4.98 Å². The van der Waals surface area contributed by atoms with Crippen molar-refractivity contribution in [3.05, 3.63) is 65.0 Å². The molecule has 0 aliphatic heterocycles. The summed E-state index contributed by atoms with van der Waals surface area (Å²) in [5.74, 6) is 0. The lowest BCUT2D eigenvalue weighted by Gasteiger charge is -2.23. The smallest absolute Gasteiger partial charge is 0.306 e. The second-order valence-corrected chi connectivity index (χ2v) is 4.81. The minimum atomic E-state index is -4.39. The molecule has 0 aliphatic rings. The highest BCUT2D eigenvalue weighted by Crippen LogP contribution is 2.36. The van der Waals surface area contributed by atoms with E-state index in [2.05, 4.69) is 10.3 Å². The van der Waals surface area contributed by atoms with E-state index in [4.69, 9.17) is 0 Å². The molecule has 0 bridgehead atoms. The zero-order chi connectivity index (χ0) is 15.5. The van der Waals surface area contributed by atoms with Crippen LogP contribution in [0.2, 0.25) is 0 Å². The minimum absolute atomic E-state index is 0.154. The van der Waals surface area contributed by atoms with Crippen molar-refractivity contribution >= 4 is 0 Å². The molecule has 2 aromatic rings. The first-order chi connectivity index (χ1) is 9.95. The van der Waals surface area contributed by atoms with E-state index in [1.54, 1.807) is 0 Å². The van der Waals surface area contributed by atoms with Gasteiger partial charge in [0.25, 0.3) is 0 Å². The molecule has 1 heterocycles. The maximum Gasteiger partial charge on any atom is 0.416 e. The number of nitrogens with zero attached hydrogens (tertiary/aromatic N) is 1. The van der Waals surface area contributed by atoms with Gasteiger partial charge >= 0.3 is 6.18 Å². The summed E-state index contributed by atoms with van der Waals surface area (Å²) in [7, 11) is 0. The molecule has 21 heavy (non-hydrogen) atoms.